The normalized spacial score (nSPS) is 11.6. The molecule has 0 unspecified atom stereocenters. The molecule has 0 atom stereocenters. The Balaban J connectivity index is 1.02. The number of hydrogen-bond acceptors (Lipinski definition) is 5. The molecule has 0 spiro atoms. The van der Waals surface area contributed by atoms with Crippen LogP contribution in [0.1, 0.15) is 0 Å². The molecule has 12 aromatic rings. The highest BCUT2D eigenvalue weighted by atomic mass is 16.3. The van der Waals surface area contributed by atoms with E-state index in [9.17, 15) is 0 Å². The van der Waals surface area contributed by atoms with Gasteiger partial charge in [-0.1, -0.05) is 164 Å². The maximum atomic E-state index is 6.44. The minimum atomic E-state index is 0.656. The van der Waals surface area contributed by atoms with Gasteiger partial charge < -0.3 is 4.42 Å². The largest absolute Gasteiger partial charge is 0.455 e. The summed E-state index contributed by atoms with van der Waals surface area (Å²) in [5.41, 5.74) is 14.2. The van der Waals surface area contributed by atoms with Crippen molar-refractivity contribution in [1.82, 2.24) is 19.9 Å². The second kappa shape index (κ2) is 14.2. The molecule has 0 saturated carbocycles. The van der Waals surface area contributed by atoms with Crippen LogP contribution in [0.25, 0.3) is 122 Å². The first-order valence-electron chi connectivity index (χ1n) is 20.5. The predicted molar refractivity (Wildman–Crippen MR) is 250 cm³/mol. The third kappa shape index (κ3) is 6.02. The van der Waals surface area contributed by atoms with Gasteiger partial charge in [0.1, 0.15) is 11.2 Å². The zero-order valence-corrected chi connectivity index (χ0v) is 32.8. The van der Waals surface area contributed by atoms with Crippen LogP contribution in [-0.4, -0.2) is 19.9 Å². The van der Waals surface area contributed by atoms with Crippen molar-refractivity contribution in [2.24, 2.45) is 0 Å². The van der Waals surface area contributed by atoms with E-state index in [-0.39, 0.29) is 0 Å². The van der Waals surface area contributed by atoms with Crippen LogP contribution in [0.15, 0.2) is 211 Å². The first kappa shape index (κ1) is 34.7. The summed E-state index contributed by atoms with van der Waals surface area (Å²) in [5, 5.41) is 6.56. The van der Waals surface area contributed by atoms with Gasteiger partial charge in [0, 0.05) is 60.3 Å². The summed E-state index contributed by atoms with van der Waals surface area (Å²) < 4.78 is 6.44. The Kier molecular flexibility index (Phi) is 8.10. The van der Waals surface area contributed by atoms with Gasteiger partial charge in [-0.2, -0.15) is 0 Å². The summed E-state index contributed by atoms with van der Waals surface area (Å²) in [4.78, 5) is 21.0. The summed E-state index contributed by atoms with van der Waals surface area (Å²) >= 11 is 0. The van der Waals surface area contributed by atoms with Crippen LogP contribution in [0, 0.1) is 0 Å². The number of para-hydroxylation sites is 2. The highest BCUT2D eigenvalue weighted by Crippen LogP contribution is 2.40. The Morgan fingerprint density at radius 3 is 1.74 bits per heavy atom. The van der Waals surface area contributed by atoms with E-state index in [2.05, 4.69) is 152 Å². The molecule has 12 rings (SSSR count). The predicted octanol–water partition coefficient (Wildman–Crippen LogP) is 14.6. The maximum Gasteiger partial charge on any atom is 0.160 e. The molecule has 4 aromatic heterocycles. The Hall–Kier alpha value is -8.28. The highest BCUT2D eigenvalue weighted by molar-refractivity contribution is 6.21. The van der Waals surface area contributed by atoms with E-state index in [1.807, 2.05) is 54.6 Å². The molecule has 0 bridgehead atoms. The van der Waals surface area contributed by atoms with Crippen LogP contribution < -0.4 is 0 Å². The number of benzene rings is 8. The molecule has 0 aliphatic heterocycles. The molecule has 0 amide bonds. The van der Waals surface area contributed by atoms with E-state index in [1.54, 1.807) is 0 Å². The van der Waals surface area contributed by atoms with Crippen LogP contribution >= 0.6 is 0 Å². The second-order valence-corrected chi connectivity index (χ2v) is 15.4. The van der Waals surface area contributed by atoms with Gasteiger partial charge >= 0.3 is 0 Å². The number of pyridine rings is 2. The molecule has 5 heteroatoms. The smallest absolute Gasteiger partial charge is 0.160 e. The van der Waals surface area contributed by atoms with Crippen molar-refractivity contribution in [1.29, 1.82) is 0 Å². The standard InChI is InChI=1S/C56H34N4O/c1-4-14-35(15-5-1)47-30-29-46-48(57-47)31-28-44-42-27-26-40(33-51(42)58-54(53(44)46)36-16-6-2-7-17-36)50-34-49(59-56(60-50)37-18-8-3-9-19-37)39-21-12-20-38(32-39)41-23-13-24-45-43-22-10-11-25-52(43)61-55(41)45/h1-34H. The van der Waals surface area contributed by atoms with Gasteiger partial charge in [-0.3, -0.25) is 0 Å². The monoisotopic (exact) mass is 778 g/mol. The third-order valence-corrected chi connectivity index (χ3v) is 11.7. The van der Waals surface area contributed by atoms with Gasteiger partial charge in [0.05, 0.1) is 33.8 Å². The Morgan fingerprint density at radius 2 is 0.934 bits per heavy atom. The molecular formula is C56H34N4O. The fourth-order valence-corrected chi connectivity index (χ4v) is 8.73. The topological polar surface area (TPSA) is 64.7 Å². The minimum absolute atomic E-state index is 0.656. The summed E-state index contributed by atoms with van der Waals surface area (Å²) in [6.45, 7) is 0. The Labute approximate surface area is 351 Å². The minimum Gasteiger partial charge on any atom is -0.455 e. The van der Waals surface area contributed by atoms with E-state index >= 15 is 0 Å². The Bertz CT molecular complexity index is 3640. The molecule has 0 N–H and O–H groups in total. The van der Waals surface area contributed by atoms with Crippen molar-refractivity contribution in [2.45, 2.75) is 0 Å². The van der Waals surface area contributed by atoms with Gasteiger partial charge in [-0.15, -0.1) is 0 Å². The molecule has 0 aliphatic rings. The lowest BCUT2D eigenvalue weighted by Crippen LogP contribution is -1.97. The zero-order valence-electron chi connectivity index (χ0n) is 32.8. The van der Waals surface area contributed by atoms with Crippen LogP contribution in [0.4, 0.5) is 0 Å². The number of nitrogens with zero attached hydrogens (tertiary/aromatic N) is 4. The van der Waals surface area contributed by atoms with Crippen molar-refractivity contribution in [3.63, 3.8) is 0 Å². The van der Waals surface area contributed by atoms with Gasteiger partial charge in [-0.05, 0) is 53.4 Å². The summed E-state index contributed by atoms with van der Waals surface area (Å²) in [6, 6.07) is 71.3. The lowest BCUT2D eigenvalue weighted by atomic mass is 9.95. The van der Waals surface area contributed by atoms with Crippen LogP contribution in [-0.2, 0) is 0 Å². The van der Waals surface area contributed by atoms with E-state index in [1.165, 1.54) is 0 Å². The zero-order chi connectivity index (χ0) is 40.3. The fourth-order valence-electron chi connectivity index (χ4n) is 8.73. The lowest BCUT2D eigenvalue weighted by molar-refractivity contribution is 0.670. The Morgan fingerprint density at radius 1 is 0.311 bits per heavy atom. The number of furan rings is 1. The lowest BCUT2D eigenvalue weighted by Gasteiger charge is -2.15. The van der Waals surface area contributed by atoms with Gasteiger partial charge in [-0.25, -0.2) is 19.9 Å². The van der Waals surface area contributed by atoms with E-state index < -0.39 is 0 Å². The number of aromatic nitrogens is 4. The molecule has 4 heterocycles. The molecule has 0 fully saturated rings. The number of hydrogen-bond donors (Lipinski definition) is 0. The van der Waals surface area contributed by atoms with Crippen molar-refractivity contribution >= 4 is 54.5 Å². The molecule has 0 aliphatic carbocycles. The SMILES string of the molecule is c1ccc(-c2ccc3c(ccc4c5ccc(-c6cc(-c7cccc(-c8cccc9c8oc8ccccc89)c7)nc(-c7ccccc7)n6)cc5nc(-c5ccccc5)c34)n2)cc1. The van der Waals surface area contributed by atoms with Gasteiger partial charge in [0.2, 0.25) is 0 Å². The first-order valence-corrected chi connectivity index (χ1v) is 20.5. The van der Waals surface area contributed by atoms with Crippen molar-refractivity contribution in [3.05, 3.63) is 206 Å². The molecule has 284 valence electrons. The summed E-state index contributed by atoms with van der Waals surface area (Å²) in [5.74, 6) is 0.656. The maximum absolute atomic E-state index is 6.44. The second-order valence-electron chi connectivity index (χ2n) is 15.4. The average molecular weight is 779 g/mol. The molecule has 8 aromatic carbocycles. The third-order valence-electron chi connectivity index (χ3n) is 11.7. The van der Waals surface area contributed by atoms with Crippen LogP contribution in [0.2, 0.25) is 0 Å². The van der Waals surface area contributed by atoms with Crippen molar-refractivity contribution in [3.8, 4) is 67.5 Å². The van der Waals surface area contributed by atoms with Crippen LogP contribution in [0.3, 0.4) is 0 Å². The van der Waals surface area contributed by atoms with Crippen molar-refractivity contribution < 1.29 is 4.42 Å². The first-order chi connectivity index (χ1) is 30.2. The quantitative estimate of drug-likeness (QED) is 0.157. The summed E-state index contributed by atoms with van der Waals surface area (Å²) in [6.07, 6.45) is 0. The molecule has 0 saturated heterocycles. The number of rotatable bonds is 6. The van der Waals surface area contributed by atoms with Gasteiger partial charge in [0.15, 0.2) is 5.82 Å². The molecule has 61 heavy (non-hydrogen) atoms. The summed E-state index contributed by atoms with van der Waals surface area (Å²) in [7, 11) is 0. The molecular weight excluding hydrogens is 745 g/mol. The van der Waals surface area contributed by atoms with Crippen molar-refractivity contribution in [2.75, 3.05) is 0 Å². The molecule has 0 radical (unpaired) electrons. The number of fused-ring (bicyclic) bond motifs is 8. The average Bonchev–Trinajstić information content (AvgIpc) is 3.73. The van der Waals surface area contributed by atoms with Crippen LogP contribution in [0.5, 0.6) is 0 Å². The van der Waals surface area contributed by atoms with E-state index in [4.69, 9.17) is 24.4 Å². The highest BCUT2D eigenvalue weighted by Gasteiger charge is 2.18. The fraction of sp³-hybridized carbons (Fsp3) is 0. The van der Waals surface area contributed by atoms with E-state index in [0.717, 1.165) is 116 Å². The molecule has 5 nitrogen and oxygen atoms in total. The van der Waals surface area contributed by atoms with E-state index in [0.29, 0.717) is 5.82 Å². The van der Waals surface area contributed by atoms with Gasteiger partial charge in [0.25, 0.3) is 0 Å².